The number of hydrogen-bond acceptors (Lipinski definition) is 9. The van der Waals surface area contributed by atoms with Gasteiger partial charge in [0.2, 0.25) is 5.91 Å². The molecule has 13 heteroatoms. The molecule has 4 rings (SSSR count). The van der Waals surface area contributed by atoms with Crippen LogP contribution in [-0.4, -0.2) is 93.4 Å². The summed E-state index contributed by atoms with van der Waals surface area (Å²) < 4.78 is 29.1. The first-order chi connectivity index (χ1) is 15.5. The number of rotatable bonds is 5. The Kier molecular flexibility index (Phi) is 5.55. The summed E-state index contributed by atoms with van der Waals surface area (Å²) in [5.74, 6) is -2.49. The van der Waals surface area contributed by atoms with E-state index in [9.17, 15) is 38.1 Å². The molecule has 0 aromatic heterocycles. The molecule has 180 valence electrons. The number of nitrogens with one attached hydrogen (secondary N) is 1. The van der Waals surface area contributed by atoms with Crippen molar-refractivity contribution >= 4 is 33.5 Å². The maximum Gasteiger partial charge on any atom is 0.409 e. The molecule has 1 aromatic rings. The second-order valence-electron chi connectivity index (χ2n) is 8.72. The molecule has 0 unspecified atom stereocenters. The molecule has 3 heterocycles. The van der Waals surface area contributed by atoms with Crippen molar-refractivity contribution in [1.82, 2.24) is 9.80 Å². The Hall–Kier alpha value is -3.22. The second-order valence-corrected chi connectivity index (χ2v) is 11.3. The zero-order valence-electron chi connectivity index (χ0n) is 17.8. The van der Waals surface area contributed by atoms with Crippen LogP contribution in [0.5, 0.6) is 11.5 Å². The Morgan fingerprint density at radius 2 is 1.88 bits per heavy atom. The lowest BCUT2D eigenvalue weighted by Gasteiger charge is -2.36. The van der Waals surface area contributed by atoms with Gasteiger partial charge in [0, 0.05) is 30.9 Å². The molecule has 3 saturated heterocycles. The third kappa shape index (κ3) is 3.69. The minimum Gasteiger partial charge on any atom is -0.504 e. The highest BCUT2D eigenvalue weighted by Crippen LogP contribution is 2.46. The number of carboxylic acid groups (broad SMARTS) is 1. The molecule has 2 amide bonds. The summed E-state index contributed by atoms with van der Waals surface area (Å²) in [5, 5.41) is 30.6. The van der Waals surface area contributed by atoms with Gasteiger partial charge < -0.3 is 35.2 Å². The fraction of sp³-hybridized carbons (Fsp3) is 0.550. The molecular weight excluding hydrogens is 458 g/mol. The molecule has 0 saturated carbocycles. The van der Waals surface area contributed by atoms with Gasteiger partial charge in [0.05, 0.1) is 6.42 Å². The molecule has 0 bridgehead atoms. The molecule has 12 nitrogen and oxygen atoms in total. The van der Waals surface area contributed by atoms with E-state index in [-0.39, 0.29) is 24.0 Å². The fourth-order valence-electron chi connectivity index (χ4n) is 4.62. The Labute approximate surface area is 189 Å². The molecule has 0 radical (unpaired) electrons. The number of ether oxygens (including phenoxy) is 1. The number of amides is 2. The zero-order chi connectivity index (χ0) is 24.1. The lowest BCUT2D eigenvalue weighted by atomic mass is 9.97. The number of fused-ring (bicyclic) bond motifs is 1. The lowest BCUT2D eigenvalue weighted by Crippen LogP contribution is -2.58. The molecular formula is C20H25N3O9S. The molecule has 4 N–H and O–H groups in total. The predicted molar refractivity (Wildman–Crippen MR) is 113 cm³/mol. The van der Waals surface area contributed by atoms with Gasteiger partial charge in [-0.2, -0.15) is 0 Å². The summed E-state index contributed by atoms with van der Waals surface area (Å²) in [6.45, 7) is 1.17. The van der Waals surface area contributed by atoms with Gasteiger partial charge in [-0.25, -0.2) is 18.0 Å². The highest BCUT2D eigenvalue weighted by molar-refractivity contribution is 7.94. The number of aromatic hydroxyl groups is 2. The first kappa shape index (κ1) is 23.0. The summed E-state index contributed by atoms with van der Waals surface area (Å²) >= 11 is 0. The van der Waals surface area contributed by atoms with Crippen LogP contribution in [0.25, 0.3) is 0 Å². The number of carboxylic acids is 1. The van der Waals surface area contributed by atoms with E-state index in [1.807, 2.05) is 0 Å². The quantitative estimate of drug-likeness (QED) is 0.259. The molecule has 0 aliphatic carbocycles. The number of nitrogens with zero attached hydrogens (tertiary/aromatic N) is 2. The number of carbonyl (C=O) groups is 3. The number of anilines is 1. The van der Waals surface area contributed by atoms with Crippen molar-refractivity contribution in [2.24, 2.45) is 0 Å². The summed E-state index contributed by atoms with van der Waals surface area (Å²) in [6, 6.07) is 2.76. The molecule has 3 aliphatic rings. The highest BCUT2D eigenvalue weighted by atomic mass is 32.2. The van der Waals surface area contributed by atoms with Crippen LogP contribution in [-0.2, 0) is 24.2 Å². The monoisotopic (exact) mass is 483 g/mol. The summed E-state index contributed by atoms with van der Waals surface area (Å²) in [7, 11) is -4.05. The summed E-state index contributed by atoms with van der Waals surface area (Å²) in [5.41, 5.74) is 0.615. The van der Waals surface area contributed by atoms with E-state index in [1.165, 1.54) is 24.0 Å². The van der Waals surface area contributed by atoms with Crippen LogP contribution in [0.15, 0.2) is 18.2 Å². The predicted octanol–water partition coefficient (Wildman–Crippen LogP) is 0.309. The van der Waals surface area contributed by atoms with Gasteiger partial charge in [-0.1, -0.05) is 0 Å². The average Bonchev–Trinajstić information content (AvgIpc) is 2.90. The smallest absolute Gasteiger partial charge is 0.409 e. The van der Waals surface area contributed by atoms with Gasteiger partial charge in [-0.05, 0) is 31.9 Å². The van der Waals surface area contributed by atoms with Crippen molar-refractivity contribution in [3.05, 3.63) is 18.2 Å². The van der Waals surface area contributed by atoms with E-state index >= 15 is 0 Å². The molecule has 3 atom stereocenters. The number of phenols is 2. The zero-order valence-corrected chi connectivity index (χ0v) is 18.6. The number of hydrogen-bond donors (Lipinski definition) is 4. The Morgan fingerprint density at radius 3 is 2.45 bits per heavy atom. The average molecular weight is 483 g/mol. The van der Waals surface area contributed by atoms with E-state index in [1.54, 1.807) is 6.07 Å². The number of sulfone groups is 1. The van der Waals surface area contributed by atoms with Crippen LogP contribution >= 0.6 is 0 Å². The normalized spacial score (nSPS) is 28.7. The summed E-state index contributed by atoms with van der Waals surface area (Å²) in [4.78, 5) is 38.4. The van der Waals surface area contributed by atoms with Crippen LogP contribution in [0.3, 0.4) is 0 Å². The third-order valence-electron chi connectivity index (χ3n) is 6.63. The summed E-state index contributed by atoms with van der Waals surface area (Å²) in [6.07, 6.45) is 0.0782. The van der Waals surface area contributed by atoms with Crippen molar-refractivity contribution in [1.29, 1.82) is 0 Å². The van der Waals surface area contributed by atoms with Crippen LogP contribution in [0.4, 0.5) is 10.5 Å². The SMILES string of the molecule is C[C@]1(COC(=O)N2CCC(Nc3ccc(O)c(O)c3)CC2)[C@H](C(=O)O)N2C(=O)C[C@H]2S1(=O)=O. The van der Waals surface area contributed by atoms with E-state index in [2.05, 4.69) is 5.32 Å². The van der Waals surface area contributed by atoms with E-state index in [0.717, 1.165) is 4.90 Å². The number of β-lactam (4-membered cyclic amide) rings is 1. The number of aliphatic carboxylic acids is 1. The van der Waals surface area contributed by atoms with E-state index < -0.39 is 50.6 Å². The minimum atomic E-state index is -4.05. The van der Waals surface area contributed by atoms with Crippen molar-refractivity contribution in [3.63, 3.8) is 0 Å². The maximum absolute atomic E-state index is 12.9. The first-order valence-electron chi connectivity index (χ1n) is 10.4. The molecule has 1 aromatic carbocycles. The topological polar surface area (TPSA) is 174 Å². The largest absolute Gasteiger partial charge is 0.504 e. The standard InChI is InChI=1S/C20H25N3O9S/c1-20(17(18(27)28)23-15(26)9-16(23)33(20,30)31)10-32-19(29)22-6-4-11(5-7-22)21-12-2-3-13(24)14(25)8-12/h2-3,8,11,16-17,21,24-25H,4-7,9-10H2,1H3,(H,27,28)/t16-,17+,20+/m1/s1. The van der Waals surface area contributed by atoms with Crippen LogP contribution < -0.4 is 5.32 Å². The highest BCUT2D eigenvalue weighted by Gasteiger charge is 2.70. The minimum absolute atomic E-state index is 0.00320. The lowest BCUT2D eigenvalue weighted by molar-refractivity contribution is -0.158. The third-order valence-corrected chi connectivity index (χ3v) is 9.38. The van der Waals surface area contributed by atoms with Gasteiger partial charge in [0.15, 0.2) is 27.4 Å². The van der Waals surface area contributed by atoms with E-state index in [4.69, 9.17) is 4.74 Å². The van der Waals surface area contributed by atoms with Crippen LogP contribution in [0.2, 0.25) is 0 Å². The number of benzene rings is 1. The van der Waals surface area contributed by atoms with Crippen LogP contribution in [0.1, 0.15) is 26.2 Å². The van der Waals surface area contributed by atoms with Crippen LogP contribution in [0, 0.1) is 0 Å². The second kappa shape index (κ2) is 7.97. The van der Waals surface area contributed by atoms with Gasteiger partial charge in [0.1, 0.15) is 16.7 Å². The Bertz CT molecular complexity index is 1100. The van der Waals surface area contributed by atoms with Crippen molar-refractivity contribution in [3.8, 4) is 11.5 Å². The van der Waals surface area contributed by atoms with Gasteiger partial charge in [0.25, 0.3) is 0 Å². The Morgan fingerprint density at radius 1 is 1.21 bits per heavy atom. The van der Waals surface area contributed by atoms with Gasteiger partial charge in [-0.15, -0.1) is 0 Å². The van der Waals surface area contributed by atoms with E-state index in [0.29, 0.717) is 31.6 Å². The molecule has 0 spiro atoms. The van der Waals surface area contributed by atoms with Crippen molar-refractivity contribution in [2.45, 2.75) is 48.4 Å². The number of carbonyl (C=O) groups excluding carboxylic acids is 2. The number of likely N-dealkylation sites (tertiary alicyclic amines) is 1. The first-order valence-corrected chi connectivity index (χ1v) is 12.0. The molecule has 3 aliphatic heterocycles. The van der Waals surface area contributed by atoms with Crippen molar-refractivity contribution < 1.29 is 42.9 Å². The van der Waals surface area contributed by atoms with Gasteiger partial charge >= 0.3 is 12.1 Å². The Balaban J connectivity index is 1.35. The fourth-order valence-corrected chi connectivity index (χ4v) is 6.89. The number of phenolic OH excluding ortho intramolecular Hbond substituents is 2. The molecule has 3 fully saturated rings. The maximum atomic E-state index is 12.9. The number of piperidine rings is 1. The van der Waals surface area contributed by atoms with Gasteiger partial charge in [-0.3, -0.25) is 4.79 Å². The molecule has 33 heavy (non-hydrogen) atoms. The van der Waals surface area contributed by atoms with Crippen molar-refractivity contribution in [2.75, 3.05) is 25.0 Å².